The van der Waals surface area contributed by atoms with Crippen molar-refractivity contribution in [3.8, 4) is 5.75 Å². The van der Waals surface area contributed by atoms with Crippen molar-refractivity contribution in [2.24, 2.45) is 0 Å². The number of urea groups is 1. The van der Waals surface area contributed by atoms with Crippen LogP contribution in [0.4, 0.5) is 36.8 Å². The van der Waals surface area contributed by atoms with Gasteiger partial charge in [0.05, 0.1) is 11.1 Å². The number of para-hydroxylation sites is 1. The van der Waals surface area contributed by atoms with Crippen LogP contribution in [0.1, 0.15) is 25.0 Å². The smallest absolute Gasteiger partial charge is 0.483 e. The highest BCUT2D eigenvalue weighted by Crippen LogP contribution is 2.47. The van der Waals surface area contributed by atoms with E-state index in [0.29, 0.717) is 10.9 Å². The van der Waals surface area contributed by atoms with E-state index in [-0.39, 0.29) is 15.5 Å². The molecule has 0 saturated carbocycles. The number of hydrogen-bond acceptors (Lipinski definition) is 6. The van der Waals surface area contributed by atoms with Gasteiger partial charge in [0.1, 0.15) is 12.3 Å². The number of halogens is 6. The zero-order valence-electron chi connectivity index (χ0n) is 19.4. The van der Waals surface area contributed by atoms with E-state index in [1.165, 1.54) is 26.1 Å². The standard InChI is InChI=1S/C24H15F6N3O5/c1-23(2,12-7-8-31-13-6-4-3-5-10(12)13)19-20(34)32(22(36)33(19)38-21(35)24(28,29)30)17-16(27)14(25)11-9-37-18(17)15(11)26/h3-8,19H,9H2,1-2H3. The van der Waals surface area contributed by atoms with Crippen LogP contribution in [-0.2, 0) is 26.4 Å². The second-order valence-electron chi connectivity index (χ2n) is 9.05. The van der Waals surface area contributed by atoms with E-state index in [1.54, 1.807) is 24.3 Å². The summed E-state index contributed by atoms with van der Waals surface area (Å²) in [6.45, 7) is 1.97. The van der Waals surface area contributed by atoms with Crippen LogP contribution < -0.4 is 9.64 Å². The molecular formula is C24H15F6N3O5. The van der Waals surface area contributed by atoms with Gasteiger partial charge in [0.25, 0.3) is 5.91 Å². The van der Waals surface area contributed by atoms with Crippen molar-refractivity contribution in [1.82, 2.24) is 10.0 Å². The van der Waals surface area contributed by atoms with Gasteiger partial charge in [0.2, 0.25) is 0 Å². The third-order valence-electron chi connectivity index (χ3n) is 6.44. The Bertz CT molecular complexity index is 1530. The molecule has 5 rings (SSSR count). The fourth-order valence-corrected chi connectivity index (χ4v) is 4.65. The van der Waals surface area contributed by atoms with Crippen LogP contribution in [0.15, 0.2) is 36.5 Å². The van der Waals surface area contributed by atoms with E-state index >= 15 is 0 Å². The largest absolute Gasteiger partial charge is 0.493 e. The van der Waals surface area contributed by atoms with Gasteiger partial charge in [-0.1, -0.05) is 32.0 Å². The lowest BCUT2D eigenvalue weighted by Gasteiger charge is -2.34. The van der Waals surface area contributed by atoms with Crippen molar-refractivity contribution < 1.29 is 50.3 Å². The molecule has 1 aromatic heterocycles. The summed E-state index contributed by atoms with van der Waals surface area (Å²) in [4.78, 5) is 47.1. The summed E-state index contributed by atoms with van der Waals surface area (Å²) in [6.07, 6.45) is -4.24. The van der Waals surface area contributed by atoms with Gasteiger partial charge in [-0.3, -0.25) is 9.78 Å². The SMILES string of the molecule is CC(C)(c1ccnc2ccccc12)C1C(=O)N(c2c(F)c(F)c3c(F)c2OC3)C(=O)N1OC(=O)C(F)(F)F. The first-order valence-corrected chi connectivity index (χ1v) is 10.9. The number of hydrogen-bond donors (Lipinski definition) is 0. The van der Waals surface area contributed by atoms with Crippen molar-refractivity contribution in [2.75, 3.05) is 4.90 Å². The summed E-state index contributed by atoms with van der Waals surface area (Å²) in [6, 6.07) is 4.11. The minimum atomic E-state index is -5.59. The Kier molecular flexibility index (Phi) is 5.54. The predicted molar refractivity (Wildman–Crippen MR) is 116 cm³/mol. The highest BCUT2D eigenvalue weighted by molar-refractivity contribution is 6.22. The van der Waals surface area contributed by atoms with Crippen LogP contribution in [-0.4, -0.2) is 40.2 Å². The molecule has 2 aromatic carbocycles. The fourth-order valence-electron chi connectivity index (χ4n) is 4.65. The third kappa shape index (κ3) is 3.54. The molecule has 0 radical (unpaired) electrons. The lowest BCUT2D eigenvalue weighted by Crippen LogP contribution is -2.50. The Labute approximate surface area is 209 Å². The number of nitrogens with zero attached hydrogens (tertiary/aromatic N) is 3. The summed E-state index contributed by atoms with van der Waals surface area (Å²) in [5.41, 5.74) is -3.00. The minimum Gasteiger partial charge on any atom is -0.483 e. The highest BCUT2D eigenvalue weighted by Gasteiger charge is 2.59. The summed E-state index contributed by atoms with van der Waals surface area (Å²) in [5, 5.41) is 0.272. The topological polar surface area (TPSA) is 89.0 Å². The molecule has 198 valence electrons. The summed E-state index contributed by atoms with van der Waals surface area (Å²) in [7, 11) is 0. The number of alkyl halides is 3. The number of rotatable bonds is 4. The molecule has 8 nitrogen and oxygen atoms in total. The van der Waals surface area contributed by atoms with Gasteiger partial charge in [0, 0.05) is 17.0 Å². The molecule has 14 heteroatoms. The maximum absolute atomic E-state index is 15.0. The Balaban J connectivity index is 1.70. The van der Waals surface area contributed by atoms with E-state index in [9.17, 15) is 40.7 Å². The van der Waals surface area contributed by atoms with Crippen LogP contribution in [0, 0.1) is 17.5 Å². The zero-order valence-corrected chi connectivity index (χ0v) is 19.4. The average molecular weight is 539 g/mol. The third-order valence-corrected chi connectivity index (χ3v) is 6.44. The molecule has 2 aliphatic heterocycles. The van der Waals surface area contributed by atoms with Crippen molar-refractivity contribution in [1.29, 1.82) is 0 Å². The fraction of sp³-hybridized carbons (Fsp3) is 0.250. The second-order valence-corrected chi connectivity index (χ2v) is 9.05. The quantitative estimate of drug-likeness (QED) is 0.272. The first-order chi connectivity index (χ1) is 17.8. The molecule has 3 heterocycles. The summed E-state index contributed by atoms with van der Waals surface area (Å²) < 4.78 is 88.3. The molecule has 1 saturated heterocycles. The van der Waals surface area contributed by atoms with Crippen molar-refractivity contribution >= 4 is 34.5 Å². The van der Waals surface area contributed by atoms with Gasteiger partial charge in [-0.05, 0) is 17.7 Å². The lowest BCUT2D eigenvalue weighted by atomic mass is 9.76. The van der Waals surface area contributed by atoms with Gasteiger partial charge in [-0.15, -0.1) is 5.06 Å². The number of fused-ring (bicyclic) bond motifs is 3. The van der Waals surface area contributed by atoms with E-state index in [1.807, 2.05) is 0 Å². The number of benzene rings is 2. The Morgan fingerprint density at radius 1 is 1.05 bits per heavy atom. The average Bonchev–Trinajstić information content (AvgIpc) is 3.30. The molecule has 1 atom stereocenters. The molecule has 0 spiro atoms. The molecule has 0 aliphatic carbocycles. The molecule has 38 heavy (non-hydrogen) atoms. The van der Waals surface area contributed by atoms with Crippen molar-refractivity contribution in [3.63, 3.8) is 0 Å². The molecule has 3 amide bonds. The first kappa shape index (κ1) is 25.3. The van der Waals surface area contributed by atoms with E-state index < -0.39 is 76.6 Å². The number of pyridine rings is 1. The number of hydroxylamine groups is 2. The van der Waals surface area contributed by atoms with Crippen LogP contribution >= 0.6 is 0 Å². The molecular weight excluding hydrogens is 524 g/mol. The van der Waals surface area contributed by atoms with Crippen LogP contribution in [0.3, 0.4) is 0 Å². The summed E-state index contributed by atoms with van der Waals surface area (Å²) in [5.74, 6) is -10.2. The van der Waals surface area contributed by atoms with Crippen LogP contribution in [0.25, 0.3) is 10.9 Å². The molecule has 2 bridgehead atoms. The van der Waals surface area contributed by atoms with Crippen molar-refractivity contribution in [3.05, 3.63) is 65.1 Å². The van der Waals surface area contributed by atoms with E-state index in [0.717, 1.165) is 0 Å². The number of imide groups is 1. The maximum atomic E-state index is 15.0. The lowest BCUT2D eigenvalue weighted by molar-refractivity contribution is -0.232. The number of ether oxygens (including phenoxy) is 1. The van der Waals surface area contributed by atoms with Gasteiger partial charge < -0.3 is 9.57 Å². The highest BCUT2D eigenvalue weighted by atomic mass is 19.4. The molecule has 1 unspecified atom stereocenters. The second kappa shape index (κ2) is 8.33. The van der Waals surface area contributed by atoms with Gasteiger partial charge >= 0.3 is 18.2 Å². The van der Waals surface area contributed by atoms with Gasteiger partial charge in [0.15, 0.2) is 29.2 Å². The number of aromatic nitrogens is 1. The predicted octanol–water partition coefficient (Wildman–Crippen LogP) is 4.68. The summed E-state index contributed by atoms with van der Waals surface area (Å²) >= 11 is 0. The molecule has 3 aromatic rings. The number of amides is 3. The Morgan fingerprint density at radius 2 is 1.74 bits per heavy atom. The molecule has 0 N–H and O–H groups in total. The number of carbonyl (C=O) groups excluding carboxylic acids is 3. The van der Waals surface area contributed by atoms with E-state index in [4.69, 9.17) is 4.74 Å². The van der Waals surface area contributed by atoms with E-state index in [2.05, 4.69) is 9.82 Å². The normalized spacial score (nSPS) is 17.4. The maximum Gasteiger partial charge on any atom is 0.493 e. The Morgan fingerprint density at radius 3 is 2.42 bits per heavy atom. The number of carbonyl (C=O) groups is 3. The van der Waals surface area contributed by atoms with Crippen LogP contribution in [0.2, 0.25) is 0 Å². The van der Waals surface area contributed by atoms with Crippen LogP contribution in [0.5, 0.6) is 5.75 Å². The van der Waals surface area contributed by atoms with Crippen molar-refractivity contribution in [2.45, 2.75) is 38.1 Å². The number of anilines is 1. The first-order valence-electron chi connectivity index (χ1n) is 10.9. The zero-order chi connectivity index (χ0) is 27.7. The minimum absolute atomic E-state index is 0.0919. The van der Waals surface area contributed by atoms with Gasteiger partial charge in [-0.2, -0.15) is 13.2 Å². The molecule has 2 aliphatic rings. The van der Waals surface area contributed by atoms with Gasteiger partial charge in [-0.25, -0.2) is 27.7 Å². The molecule has 1 fully saturated rings. The monoisotopic (exact) mass is 539 g/mol. The Hall–Kier alpha value is -4.36.